The predicted octanol–water partition coefficient (Wildman–Crippen LogP) is 2.70. The fraction of sp³-hybridized carbons (Fsp3) is 0.267. The summed E-state index contributed by atoms with van der Waals surface area (Å²) >= 11 is 0. The standard InChI is InChI=1S/C15H17NO3/c1-17-13-8-7-11(14(18-2)15(13)19-3)10-12-6-4-5-9-16-12/h4-9H,10H2,1-3H3. The summed E-state index contributed by atoms with van der Waals surface area (Å²) in [6.45, 7) is 0. The molecule has 0 fully saturated rings. The highest BCUT2D eigenvalue weighted by Gasteiger charge is 2.16. The number of methoxy groups -OCH3 is 3. The van der Waals surface area contributed by atoms with Crippen molar-refractivity contribution < 1.29 is 14.2 Å². The van der Waals surface area contributed by atoms with Crippen LogP contribution in [0.2, 0.25) is 0 Å². The Labute approximate surface area is 113 Å². The zero-order valence-electron chi connectivity index (χ0n) is 11.3. The SMILES string of the molecule is COc1ccc(Cc2ccccn2)c(OC)c1OC. The van der Waals surface area contributed by atoms with Crippen molar-refractivity contribution in [3.05, 3.63) is 47.8 Å². The molecule has 0 unspecified atom stereocenters. The van der Waals surface area contributed by atoms with E-state index in [1.165, 1.54) is 0 Å². The third-order valence-electron chi connectivity index (χ3n) is 2.88. The van der Waals surface area contributed by atoms with Crippen molar-refractivity contribution in [2.45, 2.75) is 6.42 Å². The van der Waals surface area contributed by atoms with Crippen LogP contribution >= 0.6 is 0 Å². The van der Waals surface area contributed by atoms with Gasteiger partial charge in [0.05, 0.1) is 21.3 Å². The number of pyridine rings is 1. The van der Waals surface area contributed by atoms with E-state index in [9.17, 15) is 0 Å². The lowest BCUT2D eigenvalue weighted by atomic mass is 10.1. The van der Waals surface area contributed by atoms with Gasteiger partial charge in [0.15, 0.2) is 11.5 Å². The van der Waals surface area contributed by atoms with Gasteiger partial charge in [-0.3, -0.25) is 4.98 Å². The van der Waals surface area contributed by atoms with E-state index < -0.39 is 0 Å². The molecular weight excluding hydrogens is 242 g/mol. The van der Waals surface area contributed by atoms with Crippen molar-refractivity contribution in [1.82, 2.24) is 4.98 Å². The quantitative estimate of drug-likeness (QED) is 0.827. The van der Waals surface area contributed by atoms with Crippen molar-refractivity contribution in [2.24, 2.45) is 0 Å². The van der Waals surface area contributed by atoms with Gasteiger partial charge in [-0.05, 0) is 18.2 Å². The maximum atomic E-state index is 5.45. The van der Waals surface area contributed by atoms with Gasteiger partial charge < -0.3 is 14.2 Å². The van der Waals surface area contributed by atoms with E-state index >= 15 is 0 Å². The van der Waals surface area contributed by atoms with Crippen LogP contribution in [0.4, 0.5) is 0 Å². The van der Waals surface area contributed by atoms with Gasteiger partial charge in [-0.2, -0.15) is 0 Å². The van der Waals surface area contributed by atoms with E-state index in [1.807, 2.05) is 30.3 Å². The van der Waals surface area contributed by atoms with Crippen molar-refractivity contribution in [3.63, 3.8) is 0 Å². The lowest BCUT2D eigenvalue weighted by molar-refractivity contribution is 0.322. The molecule has 0 N–H and O–H groups in total. The number of aromatic nitrogens is 1. The molecule has 0 bridgehead atoms. The zero-order chi connectivity index (χ0) is 13.7. The monoisotopic (exact) mass is 259 g/mol. The molecule has 100 valence electrons. The molecule has 0 aliphatic rings. The average molecular weight is 259 g/mol. The summed E-state index contributed by atoms with van der Waals surface area (Å²) in [7, 11) is 4.83. The van der Waals surface area contributed by atoms with E-state index in [2.05, 4.69) is 4.98 Å². The van der Waals surface area contributed by atoms with Crippen LogP contribution in [0.5, 0.6) is 17.2 Å². The summed E-state index contributed by atoms with van der Waals surface area (Å²) in [6.07, 6.45) is 2.47. The Hall–Kier alpha value is -2.23. The minimum Gasteiger partial charge on any atom is -0.493 e. The van der Waals surface area contributed by atoms with E-state index in [4.69, 9.17) is 14.2 Å². The van der Waals surface area contributed by atoms with E-state index in [-0.39, 0.29) is 0 Å². The van der Waals surface area contributed by atoms with Crippen molar-refractivity contribution in [3.8, 4) is 17.2 Å². The molecule has 1 heterocycles. The van der Waals surface area contributed by atoms with Crippen LogP contribution in [0.1, 0.15) is 11.3 Å². The maximum absolute atomic E-state index is 5.45. The van der Waals surface area contributed by atoms with Gasteiger partial charge >= 0.3 is 0 Å². The second-order valence-corrected chi connectivity index (χ2v) is 3.99. The Morgan fingerprint density at radius 1 is 0.895 bits per heavy atom. The van der Waals surface area contributed by atoms with Gasteiger partial charge in [-0.1, -0.05) is 12.1 Å². The second kappa shape index (κ2) is 6.09. The number of ether oxygens (including phenoxy) is 3. The normalized spacial score (nSPS) is 10.1. The zero-order valence-corrected chi connectivity index (χ0v) is 11.3. The number of hydrogen-bond acceptors (Lipinski definition) is 4. The topological polar surface area (TPSA) is 40.6 Å². The first-order valence-electron chi connectivity index (χ1n) is 5.98. The highest BCUT2D eigenvalue weighted by Crippen LogP contribution is 2.40. The molecule has 0 atom stereocenters. The number of hydrogen-bond donors (Lipinski definition) is 0. The Morgan fingerprint density at radius 3 is 2.26 bits per heavy atom. The summed E-state index contributed by atoms with van der Waals surface area (Å²) < 4.78 is 16.1. The predicted molar refractivity (Wildman–Crippen MR) is 73.1 cm³/mol. The molecule has 0 saturated heterocycles. The first kappa shape index (κ1) is 13.2. The molecule has 4 nitrogen and oxygen atoms in total. The minimum absolute atomic E-state index is 0.610. The molecule has 2 rings (SSSR count). The van der Waals surface area contributed by atoms with Gasteiger partial charge in [-0.25, -0.2) is 0 Å². The van der Waals surface area contributed by atoms with Crippen LogP contribution in [0, 0.1) is 0 Å². The largest absolute Gasteiger partial charge is 0.493 e. The van der Waals surface area contributed by atoms with Crippen LogP contribution in [0.3, 0.4) is 0 Å². The van der Waals surface area contributed by atoms with Gasteiger partial charge in [-0.15, -0.1) is 0 Å². The van der Waals surface area contributed by atoms with Gasteiger partial charge in [0.25, 0.3) is 0 Å². The Kier molecular flexibility index (Phi) is 4.23. The third kappa shape index (κ3) is 2.78. The van der Waals surface area contributed by atoms with Crippen molar-refractivity contribution >= 4 is 0 Å². The molecular formula is C15H17NO3. The Morgan fingerprint density at radius 2 is 1.68 bits per heavy atom. The van der Waals surface area contributed by atoms with Gasteiger partial charge in [0.2, 0.25) is 5.75 Å². The molecule has 0 spiro atoms. The number of benzene rings is 1. The summed E-state index contributed by atoms with van der Waals surface area (Å²) in [4.78, 5) is 4.32. The second-order valence-electron chi connectivity index (χ2n) is 3.99. The van der Waals surface area contributed by atoms with E-state index in [1.54, 1.807) is 27.5 Å². The molecule has 0 aliphatic heterocycles. The minimum atomic E-state index is 0.610. The van der Waals surface area contributed by atoms with Crippen LogP contribution in [-0.4, -0.2) is 26.3 Å². The molecule has 0 amide bonds. The van der Waals surface area contributed by atoms with Crippen molar-refractivity contribution in [2.75, 3.05) is 21.3 Å². The Balaban J connectivity index is 2.40. The molecule has 19 heavy (non-hydrogen) atoms. The van der Waals surface area contributed by atoms with Gasteiger partial charge in [0.1, 0.15) is 0 Å². The molecule has 1 aromatic carbocycles. The summed E-state index contributed by atoms with van der Waals surface area (Å²) in [6, 6.07) is 9.69. The molecule has 2 aromatic rings. The van der Waals surface area contributed by atoms with Crippen molar-refractivity contribution in [1.29, 1.82) is 0 Å². The van der Waals surface area contributed by atoms with E-state index in [0.29, 0.717) is 23.7 Å². The molecule has 0 saturated carbocycles. The third-order valence-corrected chi connectivity index (χ3v) is 2.88. The Bertz CT molecular complexity index is 541. The smallest absolute Gasteiger partial charge is 0.203 e. The molecule has 0 radical (unpaired) electrons. The molecule has 0 aliphatic carbocycles. The highest BCUT2D eigenvalue weighted by molar-refractivity contribution is 5.56. The molecule has 4 heteroatoms. The van der Waals surface area contributed by atoms with Gasteiger partial charge in [0, 0.05) is 23.9 Å². The highest BCUT2D eigenvalue weighted by atomic mass is 16.5. The lowest BCUT2D eigenvalue weighted by Gasteiger charge is -2.15. The average Bonchev–Trinajstić information content (AvgIpc) is 2.47. The molecule has 1 aromatic heterocycles. The fourth-order valence-corrected chi connectivity index (χ4v) is 2.00. The first-order chi connectivity index (χ1) is 9.30. The first-order valence-corrected chi connectivity index (χ1v) is 5.98. The fourth-order valence-electron chi connectivity index (χ4n) is 2.00. The lowest BCUT2D eigenvalue weighted by Crippen LogP contribution is -2.00. The number of nitrogens with zero attached hydrogens (tertiary/aromatic N) is 1. The van der Waals surface area contributed by atoms with Crippen LogP contribution in [0.25, 0.3) is 0 Å². The van der Waals surface area contributed by atoms with E-state index in [0.717, 1.165) is 11.3 Å². The van der Waals surface area contributed by atoms with Crippen LogP contribution < -0.4 is 14.2 Å². The number of rotatable bonds is 5. The maximum Gasteiger partial charge on any atom is 0.203 e. The summed E-state index contributed by atoms with van der Waals surface area (Å²) in [5.74, 6) is 1.95. The van der Waals surface area contributed by atoms with Crippen LogP contribution in [-0.2, 0) is 6.42 Å². The summed E-state index contributed by atoms with van der Waals surface area (Å²) in [5, 5.41) is 0. The summed E-state index contributed by atoms with van der Waals surface area (Å²) in [5.41, 5.74) is 1.99. The van der Waals surface area contributed by atoms with Crippen LogP contribution in [0.15, 0.2) is 36.5 Å².